The number of halogens is 1. The molecule has 5 heteroatoms. The predicted molar refractivity (Wildman–Crippen MR) is 105 cm³/mol. The SMILES string of the molecule is CO[C@]1(C)CC[C@]2(Cc3ccc(Br)cc3C23N=CC(=S)N3)CC1C. The molecule has 4 atom stereocenters. The lowest BCUT2D eigenvalue weighted by Gasteiger charge is -2.52. The molecule has 0 saturated heterocycles. The van der Waals surface area contributed by atoms with E-state index in [2.05, 4.69) is 53.3 Å². The second-order valence-corrected chi connectivity index (χ2v) is 9.19. The molecule has 0 aromatic heterocycles. The summed E-state index contributed by atoms with van der Waals surface area (Å²) in [6.07, 6.45) is 6.09. The van der Waals surface area contributed by atoms with Gasteiger partial charge in [0.1, 0.15) is 4.99 Å². The van der Waals surface area contributed by atoms with E-state index in [1.807, 2.05) is 13.3 Å². The van der Waals surface area contributed by atoms with Crippen LogP contribution in [0.1, 0.15) is 44.2 Å². The van der Waals surface area contributed by atoms with Gasteiger partial charge in [0.2, 0.25) is 0 Å². The molecule has 0 radical (unpaired) electrons. The first kappa shape index (κ1) is 16.7. The first-order valence-electron chi connectivity index (χ1n) is 8.56. The van der Waals surface area contributed by atoms with Crippen LogP contribution in [-0.4, -0.2) is 23.9 Å². The summed E-state index contributed by atoms with van der Waals surface area (Å²) in [5.74, 6) is 0.469. The molecule has 1 aliphatic heterocycles. The van der Waals surface area contributed by atoms with E-state index in [1.54, 1.807) is 0 Å². The average molecular weight is 407 g/mol. The maximum atomic E-state index is 5.87. The van der Waals surface area contributed by atoms with Crippen LogP contribution in [0.4, 0.5) is 0 Å². The van der Waals surface area contributed by atoms with Crippen molar-refractivity contribution < 1.29 is 4.74 Å². The molecular weight excluding hydrogens is 384 g/mol. The normalized spacial score (nSPS) is 40.3. The zero-order valence-electron chi connectivity index (χ0n) is 14.4. The number of ether oxygens (including phenoxy) is 1. The summed E-state index contributed by atoms with van der Waals surface area (Å²) in [4.78, 5) is 5.72. The Morgan fingerprint density at radius 2 is 2.17 bits per heavy atom. The van der Waals surface area contributed by atoms with Crippen molar-refractivity contribution in [1.82, 2.24) is 5.32 Å². The Balaban J connectivity index is 1.83. The van der Waals surface area contributed by atoms with Crippen molar-refractivity contribution in [3.8, 4) is 0 Å². The molecule has 1 fully saturated rings. The smallest absolute Gasteiger partial charge is 0.162 e. The highest BCUT2D eigenvalue weighted by molar-refractivity contribution is 9.10. The number of methoxy groups -OCH3 is 1. The minimum atomic E-state index is -0.410. The van der Waals surface area contributed by atoms with Gasteiger partial charge in [0.25, 0.3) is 0 Å². The van der Waals surface area contributed by atoms with Gasteiger partial charge in [-0.15, -0.1) is 0 Å². The number of fused-ring (bicyclic) bond motifs is 3. The summed E-state index contributed by atoms with van der Waals surface area (Å²) in [7, 11) is 1.84. The number of nitrogens with zero attached hydrogens (tertiary/aromatic N) is 1. The quantitative estimate of drug-likeness (QED) is 0.702. The fraction of sp³-hybridized carbons (Fsp3) is 0.579. The minimum Gasteiger partial charge on any atom is -0.378 e. The molecule has 128 valence electrons. The third-order valence-corrected chi connectivity index (χ3v) is 7.44. The van der Waals surface area contributed by atoms with E-state index in [0.717, 1.165) is 35.1 Å². The number of hydrogen-bond acceptors (Lipinski definition) is 3. The summed E-state index contributed by atoms with van der Waals surface area (Å²) < 4.78 is 6.97. The van der Waals surface area contributed by atoms with Crippen LogP contribution in [-0.2, 0) is 16.8 Å². The van der Waals surface area contributed by atoms with Crippen molar-refractivity contribution in [1.29, 1.82) is 0 Å². The average Bonchev–Trinajstić information content (AvgIpc) is 3.06. The Morgan fingerprint density at radius 3 is 2.79 bits per heavy atom. The molecule has 2 aliphatic carbocycles. The minimum absolute atomic E-state index is 0.0510. The summed E-state index contributed by atoms with van der Waals surface area (Å²) in [6.45, 7) is 4.56. The molecule has 0 bridgehead atoms. The topological polar surface area (TPSA) is 33.6 Å². The second kappa shape index (κ2) is 5.36. The van der Waals surface area contributed by atoms with Crippen LogP contribution in [0.3, 0.4) is 0 Å². The Hall–Kier alpha value is -0.780. The Morgan fingerprint density at radius 1 is 1.38 bits per heavy atom. The van der Waals surface area contributed by atoms with Crippen molar-refractivity contribution in [2.45, 2.75) is 50.8 Å². The lowest BCUT2D eigenvalue weighted by atomic mass is 9.59. The van der Waals surface area contributed by atoms with Crippen LogP contribution >= 0.6 is 28.1 Å². The molecule has 2 spiro atoms. The third-order valence-electron chi connectivity index (χ3n) is 6.74. The zero-order chi connectivity index (χ0) is 17.2. The van der Waals surface area contributed by atoms with Crippen LogP contribution in [0, 0.1) is 11.3 Å². The van der Waals surface area contributed by atoms with E-state index < -0.39 is 5.66 Å². The summed E-state index contributed by atoms with van der Waals surface area (Å²) >= 11 is 9.07. The van der Waals surface area contributed by atoms with Crippen molar-refractivity contribution in [3.05, 3.63) is 33.8 Å². The summed E-state index contributed by atoms with van der Waals surface area (Å²) in [6, 6.07) is 6.59. The van der Waals surface area contributed by atoms with Crippen molar-refractivity contribution in [2.75, 3.05) is 7.11 Å². The van der Waals surface area contributed by atoms with Gasteiger partial charge in [-0.3, -0.25) is 4.99 Å². The Bertz CT molecular complexity index is 751. The molecule has 24 heavy (non-hydrogen) atoms. The van der Waals surface area contributed by atoms with E-state index in [0.29, 0.717) is 5.92 Å². The fourth-order valence-electron chi connectivity index (χ4n) is 5.05. The van der Waals surface area contributed by atoms with Gasteiger partial charge in [-0.05, 0) is 56.2 Å². The van der Waals surface area contributed by atoms with E-state index >= 15 is 0 Å². The molecule has 4 rings (SSSR count). The first-order valence-corrected chi connectivity index (χ1v) is 9.76. The van der Waals surface area contributed by atoms with Crippen molar-refractivity contribution >= 4 is 39.4 Å². The number of thiocarbonyl (C=S) groups is 1. The van der Waals surface area contributed by atoms with Crippen LogP contribution in [0.5, 0.6) is 0 Å². The Labute approximate surface area is 157 Å². The number of rotatable bonds is 1. The highest BCUT2D eigenvalue weighted by Gasteiger charge is 2.62. The standard InChI is InChI=1S/C19H23BrN2OS/c1-12-9-18(7-6-17(12,2)23-3)10-13-4-5-14(20)8-15(13)19(18)21-11-16(24)22-19/h4-5,8,11-12H,6-7,9-10H2,1-3H3,(H,22,24)/t12?,17-,18-,19?/m1/s1. The lowest BCUT2D eigenvalue weighted by Crippen LogP contribution is -2.56. The van der Waals surface area contributed by atoms with Gasteiger partial charge in [0.15, 0.2) is 5.66 Å². The summed E-state index contributed by atoms with van der Waals surface area (Å²) in [5, 5.41) is 3.59. The fourth-order valence-corrected chi connectivity index (χ4v) is 5.61. The van der Waals surface area contributed by atoms with Crippen LogP contribution in [0.25, 0.3) is 0 Å². The number of benzene rings is 1. The molecule has 1 N–H and O–H groups in total. The van der Waals surface area contributed by atoms with Gasteiger partial charge >= 0.3 is 0 Å². The largest absolute Gasteiger partial charge is 0.378 e. The summed E-state index contributed by atoms with van der Waals surface area (Å²) in [5.41, 5.74) is 2.27. The molecule has 0 amide bonds. The van der Waals surface area contributed by atoms with E-state index in [4.69, 9.17) is 21.9 Å². The molecule has 1 saturated carbocycles. The van der Waals surface area contributed by atoms with E-state index in [1.165, 1.54) is 11.1 Å². The van der Waals surface area contributed by atoms with E-state index in [9.17, 15) is 0 Å². The van der Waals surface area contributed by atoms with Crippen LogP contribution in [0.15, 0.2) is 27.7 Å². The first-order chi connectivity index (χ1) is 11.3. The van der Waals surface area contributed by atoms with Gasteiger partial charge in [-0.2, -0.15) is 0 Å². The predicted octanol–water partition coefficient (Wildman–Crippen LogP) is 4.37. The highest BCUT2D eigenvalue weighted by Crippen LogP contribution is 2.62. The van der Waals surface area contributed by atoms with E-state index in [-0.39, 0.29) is 11.0 Å². The van der Waals surface area contributed by atoms with Crippen LogP contribution in [0.2, 0.25) is 0 Å². The molecule has 1 heterocycles. The van der Waals surface area contributed by atoms with Crippen LogP contribution < -0.4 is 5.32 Å². The molecular formula is C19H23BrN2OS. The number of aliphatic imine (C=N–C) groups is 1. The number of hydrogen-bond donors (Lipinski definition) is 1. The zero-order valence-corrected chi connectivity index (χ0v) is 16.8. The molecule has 2 unspecified atom stereocenters. The molecule has 3 nitrogen and oxygen atoms in total. The van der Waals surface area contributed by atoms with Gasteiger partial charge in [0, 0.05) is 22.6 Å². The van der Waals surface area contributed by atoms with Crippen molar-refractivity contribution in [2.24, 2.45) is 16.3 Å². The maximum Gasteiger partial charge on any atom is 0.162 e. The molecule has 3 aliphatic rings. The monoisotopic (exact) mass is 406 g/mol. The van der Waals surface area contributed by atoms with Crippen molar-refractivity contribution in [3.63, 3.8) is 0 Å². The highest BCUT2D eigenvalue weighted by atomic mass is 79.9. The van der Waals surface area contributed by atoms with Gasteiger partial charge in [0.05, 0.1) is 11.8 Å². The number of nitrogens with one attached hydrogen (secondary N) is 1. The Kier molecular flexibility index (Phi) is 3.72. The molecule has 1 aromatic rings. The van der Waals surface area contributed by atoms with Gasteiger partial charge in [-0.1, -0.05) is 41.1 Å². The second-order valence-electron chi connectivity index (χ2n) is 7.84. The molecule has 1 aromatic carbocycles. The third kappa shape index (κ3) is 2.10. The lowest BCUT2D eigenvalue weighted by molar-refractivity contribution is -0.109. The van der Waals surface area contributed by atoms with Gasteiger partial charge < -0.3 is 10.1 Å². The maximum absolute atomic E-state index is 5.87. The van der Waals surface area contributed by atoms with Gasteiger partial charge in [-0.25, -0.2) is 0 Å².